The molecule has 0 aliphatic rings. The largest absolute Gasteiger partial charge is 0.394 e. The average Bonchev–Trinajstić information content (AvgIpc) is 2.26. The van der Waals surface area contributed by atoms with Crippen molar-refractivity contribution in [3.05, 3.63) is 30.1 Å². The molecule has 0 fully saturated rings. The lowest BCUT2D eigenvalue weighted by molar-refractivity contribution is -0.121. The molecule has 2 N–H and O–H groups in total. The number of rotatable bonds is 4. The zero-order chi connectivity index (χ0) is 10.4. The summed E-state index contributed by atoms with van der Waals surface area (Å²) >= 11 is 0. The molecule has 0 radical (unpaired) electrons. The first-order chi connectivity index (χ1) is 6.77. The molecule has 1 amide bonds. The Kier molecular flexibility index (Phi) is 4.07. The molecule has 0 aliphatic carbocycles. The van der Waals surface area contributed by atoms with Crippen LogP contribution in [0.2, 0.25) is 0 Å². The Hall–Kier alpha value is -1.42. The number of aliphatic hydroxyl groups excluding tert-OH is 1. The van der Waals surface area contributed by atoms with Crippen LogP contribution in [0.1, 0.15) is 24.9 Å². The molecule has 4 heteroatoms. The van der Waals surface area contributed by atoms with Gasteiger partial charge in [0, 0.05) is 18.8 Å². The van der Waals surface area contributed by atoms with Crippen LogP contribution >= 0.6 is 0 Å². The minimum absolute atomic E-state index is 0.0760. The molecule has 0 aliphatic heterocycles. The molecule has 1 atom stereocenters. The van der Waals surface area contributed by atoms with E-state index in [0.717, 1.165) is 5.56 Å². The van der Waals surface area contributed by atoms with Crippen molar-refractivity contribution >= 4 is 5.91 Å². The van der Waals surface area contributed by atoms with E-state index in [-0.39, 0.29) is 18.6 Å². The second kappa shape index (κ2) is 5.34. The lowest BCUT2D eigenvalue weighted by Crippen LogP contribution is -2.30. The summed E-state index contributed by atoms with van der Waals surface area (Å²) in [5, 5.41) is 11.8. The number of hydrogen-bond donors (Lipinski definition) is 2. The monoisotopic (exact) mass is 194 g/mol. The van der Waals surface area contributed by atoms with Gasteiger partial charge in [0.2, 0.25) is 5.91 Å². The number of aliphatic hydroxyl groups is 1. The van der Waals surface area contributed by atoms with Gasteiger partial charge in [-0.05, 0) is 11.6 Å². The van der Waals surface area contributed by atoms with Crippen molar-refractivity contribution in [1.82, 2.24) is 10.3 Å². The second-order valence-corrected chi connectivity index (χ2v) is 2.94. The molecule has 76 valence electrons. The third-order valence-electron chi connectivity index (χ3n) is 1.93. The van der Waals surface area contributed by atoms with Gasteiger partial charge in [-0.25, -0.2) is 0 Å². The summed E-state index contributed by atoms with van der Waals surface area (Å²) < 4.78 is 0. The fraction of sp³-hybridized carbons (Fsp3) is 0.400. The van der Waals surface area contributed by atoms with Crippen LogP contribution in [0, 0.1) is 0 Å². The van der Waals surface area contributed by atoms with E-state index >= 15 is 0 Å². The highest BCUT2D eigenvalue weighted by Gasteiger charge is 2.11. The van der Waals surface area contributed by atoms with Crippen LogP contribution in [0.5, 0.6) is 0 Å². The van der Waals surface area contributed by atoms with E-state index in [4.69, 9.17) is 5.11 Å². The maximum atomic E-state index is 11.1. The smallest absolute Gasteiger partial charge is 0.220 e. The van der Waals surface area contributed by atoms with Crippen molar-refractivity contribution in [2.24, 2.45) is 0 Å². The van der Waals surface area contributed by atoms with Crippen LogP contribution in [0.4, 0.5) is 0 Å². The number of nitrogens with zero attached hydrogens (tertiary/aromatic N) is 1. The summed E-state index contributed by atoms with van der Waals surface area (Å²) in [6.07, 6.45) is 3.70. The van der Waals surface area contributed by atoms with Gasteiger partial charge < -0.3 is 10.4 Å². The first kappa shape index (κ1) is 10.7. The molecule has 1 rings (SSSR count). The SMILES string of the molecule is CCC(=O)N[C@H](CO)c1cccnc1. The molecule has 0 bridgehead atoms. The highest BCUT2D eigenvalue weighted by Crippen LogP contribution is 2.09. The molecule has 1 aromatic heterocycles. The zero-order valence-corrected chi connectivity index (χ0v) is 8.10. The van der Waals surface area contributed by atoms with Gasteiger partial charge in [0.15, 0.2) is 0 Å². The summed E-state index contributed by atoms with van der Waals surface area (Å²) in [5.74, 6) is -0.0760. The Morgan fingerprint density at radius 1 is 1.71 bits per heavy atom. The third kappa shape index (κ3) is 2.81. The van der Waals surface area contributed by atoms with Gasteiger partial charge in [-0.1, -0.05) is 13.0 Å². The molecule has 14 heavy (non-hydrogen) atoms. The van der Waals surface area contributed by atoms with Gasteiger partial charge in [-0.3, -0.25) is 9.78 Å². The highest BCUT2D eigenvalue weighted by molar-refractivity contribution is 5.76. The molecule has 1 aromatic rings. The minimum Gasteiger partial charge on any atom is -0.394 e. The molecule has 0 saturated heterocycles. The van der Waals surface area contributed by atoms with Crippen molar-refractivity contribution in [3.8, 4) is 0 Å². The quantitative estimate of drug-likeness (QED) is 0.739. The van der Waals surface area contributed by atoms with Crippen molar-refractivity contribution in [3.63, 3.8) is 0 Å². The Morgan fingerprint density at radius 2 is 2.50 bits per heavy atom. The van der Waals surface area contributed by atoms with Crippen LogP contribution in [-0.4, -0.2) is 22.6 Å². The molecular weight excluding hydrogens is 180 g/mol. The summed E-state index contributed by atoms with van der Waals surface area (Å²) in [7, 11) is 0. The Morgan fingerprint density at radius 3 is 3.00 bits per heavy atom. The van der Waals surface area contributed by atoms with Gasteiger partial charge in [0.1, 0.15) is 0 Å². The number of hydrogen-bond acceptors (Lipinski definition) is 3. The average molecular weight is 194 g/mol. The van der Waals surface area contributed by atoms with E-state index in [1.807, 2.05) is 6.07 Å². The number of carbonyl (C=O) groups excluding carboxylic acids is 1. The van der Waals surface area contributed by atoms with Gasteiger partial charge in [-0.15, -0.1) is 0 Å². The molecule has 4 nitrogen and oxygen atoms in total. The molecule has 1 heterocycles. The summed E-state index contributed by atoms with van der Waals surface area (Å²) in [6, 6.07) is 3.25. The topological polar surface area (TPSA) is 62.2 Å². The Bertz CT molecular complexity index is 287. The fourth-order valence-electron chi connectivity index (χ4n) is 1.11. The van der Waals surface area contributed by atoms with E-state index < -0.39 is 0 Å². The van der Waals surface area contributed by atoms with Gasteiger partial charge in [0.25, 0.3) is 0 Å². The van der Waals surface area contributed by atoms with Crippen LogP contribution in [0.15, 0.2) is 24.5 Å². The number of pyridine rings is 1. The van der Waals surface area contributed by atoms with Crippen LogP contribution in [0.25, 0.3) is 0 Å². The molecule has 0 saturated carbocycles. The van der Waals surface area contributed by atoms with E-state index in [1.165, 1.54) is 0 Å². The van der Waals surface area contributed by atoms with E-state index in [2.05, 4.69) is 10.3 Å². The first-order valence-corrected chi connectivity index (χ1v) is 4.58. The number of nitrogens with one attached hydrogen (secondary N) is 1. The van der Waals surface area contributed by atoms with E-state index in [1.54, 1.807) is 25.4 Å². The third-order valence-corrected chi connectivity index (χ3v) is 1.93. The predicted octanol–water partition coefficient (Wildman–Crippen LogP) is 0.641. The summed E-state index contributed by atoms with van der Waals surface area (Å²) in [5.41, 5.74) is 0.816. The summed E-state index contributed by atoms with van der Waals surface area (Å²) in [6.45, 7) is 1.66. The van der Waals surface area contributed by atoms with E-state index in [9.17, 15) is 4.79 Å². The number of carbonyl (C=O) groups is 1. The van der Waals surface area contributed by atoms with Gasteiger partial charge in [-0.2, -0.15) is 0 Å². The van der Waals surface area contributed by atoms with Crippen molar-refractivity contribution in [2.45, 2.75) is 19.4 Å². The fourth-order valence-corrected chi connectivity index (χ4v) is 1.11. The van der Waals surface area contributed by atoms with Crippen LogP contribution < -0.4 is 5.32 Å². The Balaban J connectivity index is 2.68. The molecular formula is C10H14N2O2. The van der Waals surface area contributed by atoms with Gasteiger partial charge >= 0.3 is 0 Å². The minimum atomic E-state index is -0.351. The second-order valence-electron chi connectivity index (χ2n) is 2.94. The lowest BCUT2D eigenvalue weighted by atomic mass is 10.1. The normalized spacial score (nSPS) is 12.1. The highest BCUT2D eigenvalue weighted by atomic mass is 16.3. The van der Waals surface area contributed by atoms with Gasteiger partial charge in [0.05, 0.1) is 12.6 Å². The Labute approximate surface area is 83.0 Å². The van der Waals surface area contributed by atoms with Crippen LogP contribution in [-0.2, 0) is 4.79 Å². The first-order valence-electron chi connectivity index (χ1n) is 4.58. The predicted molar refractivity (Wildman–Crippen MR) is 52.5 cm³/mol. The van der Waals surface area contributed by atoms with Crippen molar-refractivity contribution in [1.29, 1.82) is 0 Å². The molecule has 0 unspecified atom stereocenters. The van der Waals surface area contributed by atoms with E-state index in [0.29, 0.717) is 6.42 Å². The zero-order valence-electron chi connectivity index (χ0n) is 8.10. The maximum absolute atomic E-state index is 11.1. The van der Waals surface area contributed by atoms with Crippen LogP contribution in [0.3, 0.4) is 0 Å². The standard InChI is InChI=1S/C10H14N2O2/c1-2-10(14)12-9(7-13)8-4-3-5-11-6-8/h3-6,9,13H,2,7H2,1H3,(H,12,14)/t9-/m1/s1. The maximum Gasteiger partial charge on any atom is 0.220 e. The summed E-state index contributed by atoms with van der Waals surface area (Å²) in [4.78, 5) is 15.0. The van der Waals surface area contributed by atoms with Crippen molar-refractivity contribution < 1.29 is 9.90 Å². The molecule has 0 aromatic carbocycles. The number of amides is 1. The lowest BCUT2D eigenvalue weighted by Gasteiger charge is -2.15. The molecule has 0 spiro atoms. The number of aromatic nitrogens is 1. The van der Waals surface area contributed by atoms with Crippen molar-refractivity contribution in [2.75, 3.05) is 6.61 Å².